The van der Waals surface area contributed by atoms with E-state index in [1.165, 1.54) is 0 Å². The second-order valence-corrected chi connectivity index (χ2v) is 5.80. The molecule has 0 atom stereocenters. The Hall–Kier alpha value is -3.02. The molecule has 2 N–H and O–H groups in total. The number of aromatic nitrogens is 2. The van der Waals surface area contributed by atoms with Crippen molar-refractivity contribution >= 4 is 11.6 Å². The molecule has 3 rings (SSSR count). The summed E-state index contributed by atoms with van der Waals surface area (Å²) in [5.74, 6) is 1.35. The lowest BCUT2D eigenvalue weighted by Gasteiger charge is -2.13. The Bertz CT molecular complexity index is 807. The third kappa shape index (κ3) is 3.65. The van der Waals surface area contributed by atoms with Crippen LogP contribution in [0.4, 0.5) is 5.69 Å². The van der Waals surface area contributed by atoms with E-state index in [0.717, 1.165) is 0 Å². The molecule has 6 heteroatoms. The van der Waals surface area contributed by atoms with E-state index in [4.69, 9.17) is 9.15 Å². The lowest BCUT2D eigenvalue weighted by molar-refractivity contribution is 0.102. The van der Waals surface area contributed by atoms with Crippen molar-refractivity contribution in [3.8, 4) is 17.2 Å². The summed E-state index contributed by atoms with van der Waals surface area (Å²) in [6, 6.07) is 12.6. The molecular formula is C18H19N3O3. The number of benzene rings is 1. The van der Waals surface area contributed by atoms with Gasteiger partial charge >= 0.3 is 0 Å². The number of hydrogen-bond donors (Lipinski definition) is 2. The number of para-hydroxylation sites is 2. The molecule has 0 saturated carbocycles. The number of H-pyrrole nitrogens is 1. The molecule has 0 aliphatic carbocycles. The van der Waals surface area contributed by atoms with E-state index in [1.54, 1.807) is 30.5 Å². The molecule has 0 spiro atoms. The van der Waals surface area contributed by atoms with Crippen molar-refractivity contribution in [2.45, 2.75) is 13.8 Å². The van der Waals surface area contributed by atoms with Crippen LogP contribution < -0.4 is 10.1 Å². The maximum absolute atomic E-state index is 12.4. The molecule has 1 aromatic carbocycles. The van der Waals surface area contributed by atoms with E-state index in [1.807, 2.05) is 18.2 Å². The smallest absolute Gasteiger partial charge is 0.276 e. The average Bonchev–Trinajstić information content (AvgIpc) is 3.25. The number of anilines is 1. The van der Waals surface area contributed by atoms with Crippen molar-refractivity contribution in [3.05, 3.63) is 54.4 Å². The van der Waals surface area contributed by atoms with Gasteiger partial charge in [0.2, 0.25) is 0 Å². The van der Waals surface area contributed by atoms with Crippen LogP contribution in [0.5, 0.6) is 5.75 Å². The van der Waals surface area contributed by atoms with Crippen LogP contribution in [-0.2, 0) is 0 Å². The number of ether oxygens (including phenoxy) is 1. The second-order valence-electron chi connectivity index (χ2n) is 5.80. The number of hydrogen-bond acceptors (Lipinski definition) is 4. The molecule has 3 aromatic rings. The maximum atomic E-state index is 12.4. The molecule has 2 heterocycles. The lowest BCUT2D eigenvalue weighted by atomic mass is 10.2. The van der Waals surface area contributed by atoms with Crippen LogP contribution in [0, 0.1) is 5.92 Å². The molecule has 0 aliphatic rings. The minimum absolute atomic E-state index is 0.278. The standard InChI is InChI=1S/C18H19N3O3/c1-12(2)11-24-16-7-4-3-6-13(16)19-18(22)15-10-14(20-21-15)17-8-5-9-23-17/h3-10,12H,11H2,1-2H3,(H,19,22)(H,20,21). The molecule has 0 radical (unpaired) electrons. The van der Waals surface area contributed by atoms with Crippen molar-refractivity contribution in [3.63, 3.8) is 0 Å². The summed E-state index contributed by atoms with van der Waals surface area (Å²) in [6.45, 7) is 4.72. The molecule has 0 aliphatic heterocycles. The normalized spacial score (nSPS) is 10.8. The minimum atomic E-state index is -0.315. The Morgan fingerprint density at radius 1 is 1.29 bits per heavy atom. The zero-order valence-electron chi connectivity index (χ0n) is 13.6. The van der Waals surface area contributed by atoms with Crippen LogP contribution in [0.15, 0.2) is 53.1 Å². The van der Waals surface area contributed by atoms with Crippen LogP contribution in [0.1, 0.15) is 24.3 Å². The van der Waals surface area contributed by atoms with Gasteiger partial charge in [0.1, 0.15) is 11.4 Å². The molecule has 2 aromatic heterocycles. The topological polar surface area (TPSA) is 80.1 Å². The fourth-order valence-corrected chi connectivity index (χ4v) is 2.13. The number of nitrogens with one attached hydrogen (secondary N) is 2. The molecule has 0 saturated heterocycles. The monoisotopic (exact) mass is 325 g/mol. The van der Waals surface area contributed by atoms with E-state index in [9.17, 15) is 4.79 Å². The van der Waals surface area contributed by atoms with E-state index in [0.29, 0.717) is 35.4 Å². The van der Waals surface area contributed by atoms with E-state index in [-0.39, 0.29) is 11.6 Å². The van der Waals surface area contributed by atoms with Gasteiger partial charge in [-0.3, -0.25) is 9.89 Å². The van der Waals surface area contributed by atoms with E-state index >= 15 is 0 Å². The molecule has 0 fully saturated rings. The highest BCUT2D eigenvalue weighted by atomic mass is 16.5. The van der Waals surface area contributed by atoms with Gasteiger partial charge in [0.05, 0.1) is 18.6 Å². The number of aromatic amines is 1. The Labute approximate surface area is 139 Å². The molecule has 6 nitrogen and oxygen atoms in total. The van der Waals surface area contributed by atoms with E-state index in [2.05, 4.69) is 29.4 Å². The number of nitrogens with zero attached hydrogens (tertiary/aromatic N) is 1. The van der Waals surface area contributed by atoms with Crippen LogP contribution in [0.25, 0.3) is 11.5 Å². The first-order chi connectivity index (χ1) is 11.6. The van der Waals surface area contributed by atoms with Gasteiger partial charge in [-0.05, 0) is 30.2 Å². The van der Waals surface area contributed by atoms with Gasteiger partial charge in [-0.1, -0.05) is 26.0 Å². The van der Waals surface area contributed by atoms with Gasteiger partial charge < -0.3 is 14.5 Å². The first-order valence-corrected chi connectivity index (χ1v) is 7.76. The Kier molecular flexibility index (Phi) is 4.65. The van der Waals surface area contributed by atoms with Gasteiger partial charge in [-0.25, -0.2) is 0 Å². The van der Waals surface area contributed by atoms with Gasteiger partial charge in [0, 0.05) is 6.07 Å². The predicted molar refractivity (Wildman–Crippen MR) is 91.0 cm³/mol. The lowest BCUT2D eigenvalue weighted by Crippen LogP contribution is -2.14. The second kappa shape index (κ2) is 7.04. The van der Waals surface area contributed by atoms with Gasteiger partial charge in [-0.2, -0.15) is 5.10 Å². The predicted octanol–water partition coefficient (Wildman–Crippen LogP) is 3.96. The van der Waals surface area contributed by atoms with Crippen molar-refractivity contribution in [2.75, 3.05) is 11.9 Å². The first-order valence-electron chi connectivity index (χ1n) is 7.76. The highest BCUT2D eigenvalue weighted by Crippen LogP contribution is 2.25. The molecule has 124 valence electrons. The summed E-state index contributed by atoms with van der Waals surface area (Å²) in [6.07, 6.45) is 1.57. The van der Waals surface area contributed by atoms with Crippen molar-refractivity contribution in [1.29, 1.82) is 0 Å². The zero-order chi connectivity index (χ0) is 16.9. The Morgan fingerprint density at radius 2 is 2.12 bits per heavy atom. The molecular weight excluding hydrogens is 306 g/mol. The number of furan rings is 1. The summed E-state index contributed by atoms with van der Waals surface area (Å²) in [7, 11) is 0. The average molecular weight is 325 g/mol. The number of amides is 1. The fraction of sp³-hybridized carbons (Fsp3) is 0.222. The van der Waals surface area contributed by atoms with Gasteiger partial charge in [-0.15, -0.1) is 0 Å². The highest BCUT2D eigenvalue weighted by Gasteiger charge is 2.15. The summed E-state index contributed by atoms with van der Waals surface area (Å²) < 4.78 is 11.0. The van der Waals surface area contributed by atoms with Crippen LogP contribution >= 0.6 is 0 Å². The van der Waals surface area contributed by atoms with Gasteiger partial charge in [0.25, 0.3) is 5.91 Å². The SMILES string of the molecule is CC(C)COc1ccccc1NC(=O)c1cc(-c2ccco2)[nH]n1. The largest absolute Gasteiger partial charge is 0.491 e. The van der Waals surface area contributed by atoms with Gasteiger partial charge in [0.15, 0.2) is 11.5 Å². The highest BCUT2D eigenvalue weighted by molar-refractivity contribution is 6.04. The summed E-state index contributed by atoms with van der Waals surface area (Å²) in [5, 5.41) is 9.66. The maximum Gasteiger partial charge on any atom is 0.276 e. The van der Waals surface area contributed by atoms with E-state index < -0.39 is 0 Å². The molecule has 24 heavy (non-hydrogen) atoms. The molecule has 0 bridgehead atoms. The number of rotatable bonds is 6. The number of carbonyl (C=O) groups excluding carboxylic acids is 1. The summed E-state index contributed by atoms with van der Waals surface area (Å²) >= 11 is 0. The molecule has 1 amide bonds. The third-order valence-corrected chi connectivity index (χ3v) is 3.30. The zero-order valence-corrected chi connectivity index (χ0v) is 13.6. The third-order valence-electron chi connectivity index (χ3n) is 3.30. The van der Waals surface area contributed by atoms with Crippen molar-refractivity contribution < 1.29 is 13.9 Å². The minimum Gasteiger partial charge on any atom is -0.491 e. The number of carbonyl (C=O) groups is 1. The first kappa shape index (κ1) is 15.9. The van der Waals surface area contributed by atoms with Crippen molar-refractivity contribution in [2.24, 2.45) is 5.92 Å². The fourth-order valence-electron chi connectivity index (χ4n) is 2.13. The summed E-state index contributed by atoms with van der Waals surface area (Å²) in [5.41, 5.74) is 1.54. The van der Waals surface area contributed by atoms with Crippen LogP contribution in [-0.4, -0.2) is 22.7 Å². The Morgan fingerprint density at radius 3 is 2.88 bits per heavy atom. The van der Waals surface area contributed by atoms with Crippen LogP contribution in [0.2, 0.25) is 0 Å². The van der Waals surface area contributed by atoms with Crippen molar-refractivity contribution in [1.82, 2.24) is 10.2 Å². The quantitative estimate of drug-likeness (QED) is 0.719. The van der Waals surface area contributed by atoms with Crippen LogP contribution in [0.3, 0.4) is 0 Å². The summed E-state index contributed by atoms with van der Waals surface area (Å²) in [4.78, 5) is 12.4. The molecule has 0 unspecified atom stereocenters. The Balaban J connectivity index is 1.73.